The Hall–Kier alpha value is -0.220. The molecule has 16 heavy (non-hydrogen) atoms. The van der Waals surface area contributed by atoms with Gasteiger partial charge in [-0.05, 0) is 18.6 Å². The van der Waals surface area contributed by atoms with Gasteiger partial charge in [0.05, 0.1) is 18.5 Å². The van der Waals surface area contributed by atoms with Gasteiger partial charge in [-0.15, -0.1) is 11.8 Å². The molecule has 2 atom stereocenters. The number of ether oxygens (including phenoxy) is 1. The van der Waals surface area contributed by atoms with Gasteiger partial charge in [-0.25, -0.2) is 0 Å². The molecule has 1 fully saturated rings. The molecule has 0 radical (unpaired) electrons. The van der Waals surface area contributed by atoms with Crippen molar-refractivity contribution in [3.63, 3.8) is 0 Å². The molecular formula is C12H16ClNOS. The molecule has 0 bridgehead atoms. The predicted molar refractivity (Wildman–Crippen MR) is 70.0 cm³/mol. The molecule has 1 heterocycles. The fourth-order valence-electron chi connectivity index (χ4n) is 1.69. The summed E-state index contributed by atoms with van der Waals surface area (Å²) in [4.78, 5) is 0. The maximum atomic E-state index is 6.21. The number of benzene rings is 1. The topological polar surface area (TPSA) is 35.2 Å². The first kappa shape index (κ1) is 12.2. The van der Waals surface area contributed by atoms with E-state index in [1.54, 1.807) is 0 Å². The summed E-state index contributed by atoms with van der Waals surface area (Å²) in [6.45, 7) is 3.69. The first-order chi connectivity index (χ1) is 7.68. The highest BCUT2D eigenvalue weighted by Gasteiger charge is 2.27. The third kappa shape index (κ3) is 2.72. The average molecular weight is 258 g/mol. The van der Waals surface area contributed by atoms with Gasteiger partial charge < -0.3 is 10.5 Å². The van der Waals surface area contributed by atoms with Gasteiger partial charge in [0, 0.05) is 16.3 Å². The van der Waals surface area contributed by atoms with E-state index in [4.69, 9.17) is 22.1 Å². The van der Waals surface area contributed by atoms with Crippen LogP contribution in [-0.4, -0.2) is 24.5 Å². The number of hydrogen-bond acceptors (Lipinski definition) is 3. The van der Waals surface area contributed by atoms with Crippen LogP contribution in [0.4, 0.5) is 0 Å². The van der Waals surface area contributed by atoms with Crippen molar-refractivity contribution in [1.82, 2.24) is 0 Å². The first-order valence-electron chi connectivity index (χ1n) is 5.41. The van der Waals surface area contributed by atoms with Crippen LogP contribution in [0.2, 0.25) is 5.02 Å². The minimum Gasteiger partial charge on any atom is -0.379 e. The van der Waals surface area contributed by atoms with Gasteiger partial charge >= 0.3 is 0 Å². The smallest absolute Gasteiger partial charge is 0.0608 e. The van der Waals surface area contributed by atoms with Crippen molar-refractivity contribution in [1.29, 1.82) is 0 Å². The van der Waals surface area contributed by atoms with E-state index in [-0.39, 0.29) is 11.3 Å². The first-order valence-corrected chi connectivity index (χ1v) is 6.74. The normalized spacial score (nSPS) is 20.2. The number of nitrogens with two attached hydrogens (primary N) is 1. The predicted octanol–water partition coefficient (Wildman–Crippen LogP) is 2.86. The molecule has 1 saturated heterocycles. The van der Waals surface area contributed by atoms with Gasteiger partial charge in [0.1, 0.15) is 0 Å². The Morgan fingerprint density at radius 2 is 2.12 bits per heavy atom. The molecule has 88 valence electrons. The highest BCUT2D eigenvalue weighted by atomic mass is 35.5. The maximum absolute atomic E-state index is 6.21. The Morgan fingerprint density at radius 1 is 1.44 bits per heavy atom. The van der Waals surface area contributed by atoms with Crippen LogP contribution >= 0.6 is 23.4 Å². The molecule has 2 rings (SSSR count). The lowest BCUT2D eigenvalue weighted by Gasteiger charge is -2.31. The maximum Gasteiger partial charge on any atom is 0.0608 e. The second-order valence-corrected chi connectivity index (χ2v) is 5.95. The molecule has 1 aliphatic heterocycles. The van der Waals surface area contributed by atoms with Crippen molar-refractivity contribution < 1.29 is 4.74 Å². The Morgan fingerprint density at radius 3 is 2.62 bits per heavy atom. The Bertz CT molecular complexity index is 355. The second kappa shape index (κ2) is 5.41. The lowest BCUT2D eigenvalue weighted by molar-refractivity contribution is 0.0452. The quantitative estimate of drug-likeness (QED) is 0.901. The van der Waals surface area contributed by atoms with Gasteiger partial charge in [-0.1, -0.05) is 29.8 Å². The minimum atomic E-state index is 0.0884. The molecular weight excluding hydrogens is 242 g/mol. The summed E-state index contributed by atoms with van der Waals surface area (Å²) in [5, 5.41) is 1.62. The molecule has 0 aromatic heterocycles. The zero-order valence-electron chi connectivity index (χ0n) is 9.23. The summed E-state index contributed by atoms with van der Waals surface area (Å²) in [6, 6.07) is 8.02. The van der Waals surface area contributed by atoms with Crippen LogP contribution < -0.4 is 5.73 Å². The van der Waals surface area contributed by atoms with Gasteiger partial charge in [-0.2, -0.15) is 0 Å². The van der Waals surface area contributed by atoms with E-state index in [1.807, 2.05) is 36.9 Å². The van der Waals surface area contributed by atoms with E-state index in [2.05, 4.69) is 6.07 Å². The van der Waals surface area contributed by atoms with E-state index < -0.39 is 0 Å². The van der Waals surface area contributed by atoms with E-state index in [0.29, 0.717) is 5.25 Å². The molecule has 2 N–H and O–H groups in total. The second-order valence-electron chi connectivity index (χ2n) is 4.10. The molecule has 0 amide bonds. The SMILES string of the molecule is CC(N)C(SC1COC1)c1ccccc1Cl. The van der Waals surface area contributed by atoms with Crippen LogP contribution in [0.5, 0.6) is 0 Å². The number of hydrogen-bond donors (Lipinski definition) is 1. The van der Waals surface area contributed by atoms with Gasteiger partial charge in [-0.3, -0.25) is 0 Å². The van der Waals surface area contributed by atoms with Crippen molar-refractivity contribution in [2.45, 2.75) is 23.5 Å². The third-order valence-corrected chi connectivity index (χ3v) is 4.61. The number of rotatable bonds is 4. The Labute approximate surface area is 105 Å². The summed E-state index contributed by atoms with van der Waals surface area (Å²) >= 11 is 8.08. The molecule has 2 nitrogen and oxygen atoms in total. The molecule has 2 unspecified atom stereocenters. The third-order valence-electron chi connectivity index (χ3n) is 2.64. The van der Waals surface area contributed by atoms with Crippen LogP contribution in [0.15, 0.2) is 24.3 Å². The molecule has 1 aromatic carbocycles. The van der Waals surface area contributed by atoms with E-state index in [9.17, 15) is 0 Å². The van der Waals surface area contributed by atoms with Gasteiger partial charge in [0.25, 0.3) is 0 Å². The minimum absolute atomic E-state index is 0.0884. The van der Waals surface area contributed by atoms with E-state index >= 15 is 0 Å². The highest BCUT2D eigenvalue weighted by Crippen LogP contribution is 2.39. The van der Waals surface area contributed by atoms with Crippen molar-refractivity contribution in [2.24, 2.45) is 5.73 Å². The summed E-state index contributed by atoms with van der Waals surface area (Å²) in [6.07, 6.45) is 0. The van der Waals surface area contributed by atoms with Crippen molar-refractivity contribution in [3.05, 3.63) is 34.9 Å². The standard InChI is InChI=1S/C12H16ClNOS/c1-8(14)12(16-9-6-15-7-9)10-4-2-3-5-11(10)13/h2-5,8-9,12H,6-7,14H2,1H3. The summed E-state index contributed by atoms with van der Waals surface area (Å²) in [5.74, 6) is 0. The van der Waals surface area contributed by atoms with Crippen LogP contribution in [0, 0.1) is 0 Å². The largest absolute Gasteiger partial charge is 0.379 e. The monoisotopic (exact) mass is 257 g/mol. The Kier molecular flexibility index (Phi) is 4.14. The fourth-order valence-corrected chi connectivity index (χ4v) is 3.37. The van der Waals surface area contributed by atoms with Gasteiger partial charge in [0.2, 0.25) is 0 Å². The number of halogens is 1. The number of thioether (sulfide) groups is 1. The molecule has 0 aliphatic carbocycles. The van der Waals surface area contributed by atoms with E-state index in [1.165, 1.54) is 0 Å². The molecule has 4 heteroatoms. The van der Waals surface area contributed by atoms with E-state index in [0.717, 1.165) is 23.8 Å². The molecule has 1 aliphatic rings. The van der Waals surface area contributed by atoms with Crippen LogP contribution in [-0.2, 0) is 4.74 Å². The van der Waals surface area contributed by atoms with Crippen LogP contribution in [0.3, 0.4) is 0 Å². The molecule has 1 aromatic rings. The zero-order valence-corrected chi connectivity index (χ0v) is 10.8. The highest BCUT2D eigenvalue weighted by molar-refractivity contribution is 8.00. The van der Waals surface area contributed by atoms with Crippen molar-refractivity contribution in [2.75, 3.05) is 13.2 Å². The van der Waals surface area contributed by atoms with Crippen molar-refractivity contribution >= 4 is 23.4 Å². The summed E-state index contributed by atoms with van der Waals surface area (Å²) in [5.41, 5.74) is 7.18. The average Bonchev–Trinajstić information content (AvgIpc) is 2.18. The molecule has 0 saturated carbocycles. The zero-order chi connectivity index (χ0) is 11.5. The summed E-state index contributed by atoms with van der Waals surface area (Å²) in [7, 11) is 0. The summed E-state index contributed by atoms with van der Waals surface area (Å²) < 4.78 is 5.19. The fraction of sp³-hybridized carbons (Fsp3) is 0.500. The molecule has 0 spiro atoms. The van der Waals surface area contributed by atoms with Gasteiger partial charge in [0.15, 0.2) is 0 Å². The lowest BCUT2D eigenvalue weighted by atomic mass is 10.1. The van der Waals surface area contributed by atoms with Crippen LogP contribution in [0.1, 0.15) is 17.7 Å². The lowest BCUT2D eigenvalue weighted by Crippen LogP contribution is -2.34. The Balaban J connectivity index is 2.14. The van der Waals surface area contributed by atoms with Crippen LogP contribution in [0.25, 0.3) is 0 Å². The van der Waals surface area contributed by atoms with Crippen molar-refractivity contribution in [3.8, 4) is 0 Å².